The molecule has 172 valence electrons. The van der Waals surface area contributed by atoms with Crippen LogP contribution in [0.5, 0.6) is 5.75 Å². The number of benzene rings is 2. The Morgan fingerprint density at radius 3 is 2.31 bits per heavy atom. The van der Waals surface area contributed by atoms with E-state index in [0.717, 1.165) is 0 Å². The van der Waals surface area contributed by atoms with Gasteiger partial charge in [-0.05, 0) is 57.0 Å². The van der Waals surface area contributed by atoms with Crippen molar-refractivity contribution in [1.29, 1.82) is 0 Å². The van der Waals surface area contributed by atoms with Crippen LogP contribution in [0.1, 0.15) is 50.0 Å². The topological polar surface area (TPSA) is 114 Å². The van der Waals surface area contributed by atoms with Gasteiger partial charge in [-0.3, -0.25) is 4.79 Å². The van der Waals surface area contributed by atoms with Crippen LogP contribution in [-0.2, 0) is 16.0 Å². The smallest absolute Gasteiger partial charge is 0.408 e. The van der Waals surface area contributed by atoms with E-state index >= 15 is 0 Å². The Morgan fingerprint density at radius 1 is 1.03 bits per heavy atom. The number of rotatable bonds is 8. The Hall–Kier alpha value is -3.55. The van der Waals surface area contributed by atoms with E-state index in [0.29, 0.717) is 22.6 Å². The summed E-state index contributed by atoms with van der Waals surface area (Å²) in [5, 5.41) is 15.3. The van der Waals surface area contributed by atoms with Gasteiger partial charge in [0.15, 0.2) is 0 Å². The molecule has 0 aliphatic heterocycles. The maximum Gasteiger partial charge on any atom is 0.408 e. The van der Waals surface area contributed by atoms with Gasteiger partial charge in [0, 0.05) is 17.7 Å². The van der Waals surface area contributed by atoms with Crippen LogP contribution in [0.4, 0.5) is 10.5 Å². The number of hydrogen-bond donors (Lipinski definition) is 3. The molecule has 8 heteroatoms. The lowest BCUT2D eigenvalue weighted by Gasteiger charge is -2.31. The molecule has 32 heavy (non-hydrogen) atoms. The predicted octanol–water partition coefficient (Wildman–Crippen LogP) is 4.25. The summed E-state index contributed by atoms with van der Waals surface area (Å²) in [7, 11) is 1.51. The number of amides is 2. The number of carboxylic acids is 1. The highest BCUT2D eigenvalue weighted by Crippen LogP contribution is 2.25. The molecular weight excluding hydrogens is 412 g/mol. The quantitative estimate of drug-likeness (QED) is 0.563. The van der Waals surface area contributed by atoms with Crippen LogP contribution >= 0.6 is 0 Å². The summed E-state index contributed by atoms with van der Waals surface area (Å²) in [5.41, 5.74) is -0.982. The minimum absolute atomic E-state index is 0.0490. The number of aliphatic carboxylic acids is 1. The monoisotopic (exact) mass is 442 g/mol. The van der Waals surface area contributed by atoms with E-state index in [4.69, 9.17) is 9.47 Å². The van der Waals surface area contributed by atoms with Crippen molar-refractivity contribution in [3.8, 4) is 5.75 Å². The zero-order valence-corrected chi connectivity index (χ0v) is 19.0. The van der Waals surface area contributed by atoms with E-state index in [1.807, 2.05) is 0 Å². The molecule has 2 aromatic carbocycles. The van der Waals surface area contributed by atoms with E-state index in [2.05, 4.69) is 10.6 Å². The number of carbonyl (C=O) groups is 3. The third-order valence-electron chi connectivity index (χ3n) is 4.84. The summed E-state index contributed by atoms with van der Waals surface area (Å²) in [6.07, 6.45) is -0.758. The van der Waals surface area contributed by atoms with Gasteiger partial charge in [0.1, 0.15) is 16.9 Å². The van der Waals surface area contributed by atoms with Crippen LogP contribution < -0.4 is 15.4 Å². The van der Waals surface area contributed by atoms with Crippen molar-refractivity contribution in [2.24, 2.45) is 0 Å². The fourth-order valence-corrected chi connectivity index (χ4v) is 3.12. The number of carbonyl (C=O) groups excluding carboxylic acids is 2. The summed E-state index contributed by atoms with van der Waals surface area (Å²) < 4.78 is 10.4. The van der Waals surface area contributed by atoms with Crippen LogP contribution in [0.3, 0.4) is 0 Å². The van der Waals surface area contributed by atoms with E-state index in [9.17, 15) is 19.5 Å². The van der Waals surface area contributed by atoms with Gasteiger partial charge in [-0.2, -0.15) is 0 Å². The predicted molar refractivity (Wildman–Crippen MR) is 121 cm³/mol. The first kappa shape index (κ1) is 24.7. The average Bonchev–Trinajstić information content (AvgIpc) is 2.73. The molecule has 1 unspecified atom stereocenters. The molecular formula is C24H30N2O6. The van der Waals surface area contributed by atoms with Gasteiger partial charge < -0.3 is 25.2 Å². The second-order valence-corrected chi connectivity index (χ2v) is 8.39. The van der Waals surface area contributed by atoms with Crippen molar-refractivity contribution in [2.45, 2.75) is 51.7 Å². The van der Waals surface area contributed by atoms with E-state index in [1.165, 1.54) is 7.11 Å². The molecule has 1 atom stereocenters. The van der Waals surface area contributed by atoms with Gasteiger partial charge in [-0.25, -0.2) is 9.59 Å². The minimum Gasteiger partial charge on any atom is -0.497 e. The Labute approximate surface area is 187 Å². The van der Waals surface area contributed by atoms with Crippen LogP contribution in [-0.4, -0.2) is 41.3 Å². The SMILES string of the molecule is CCC(Cc1ccccc1NC(=O)c1cccc(OC)c1)(NC(=O)OC(C)(C)C)C(=O)O. The molecule has 2 amide bonds. The lowest BCUT2D eigenvalue weighted by molar-refractivity contribution is -0.145. The molecule has 0 bridgehead atoms. The Morgan fingerprint density at radius 2 is 1.72 bits per heavy atom. The fraction of sp³-hybridized carbons (Fsp3) is 0.375. The summed E-state index contributed by atoms with van der Waals surface area (Å²) in [6.45, 7) is 6.77. The molecule has 0 spiro atoms. The highest BCUT2D eigenvalue weighted by molar-refractivity contribution is 6.05. The zero-order chi connectivity index (χ0) is 23.9. The third-order valence-corrected chi connectivity index (χ3v) is 4.84. The summed E-state index contributed by atoms with van der Waals surface area (Å²) >= 11 is 0. The summed E-state index contributed by atoms with van der Waals surface area (Å²) in [5.74, 6) is -1.02. The van der Waals surface area contributed by atoms with Gasteiger partial charge >= 0.3 is 12.1 Å². The average molecular weight is 443 g/mol. The van der Waals surface area contributed by atoms with E-state index in [-0.39, 0.29) is 18.7 Å². The largest absolute Gasteiger partial charge is 0.497 e. The highest BCUT2D eigenvalue weighted by Gasteiger charge is 2.40. The van der Waals surface area contributed by atoms with Gasteiger partial charge in [0.05, 0.1) is 7.11 Å². The van der Waals surface area contributed by atoms with Crippen LogP contribution in [0.2, 0.25) is 0 Å². The van der Waals surface area contributed by atoms with E-state index < -0.39 is 23.2 Å². The number of hydrogen-bond acceptors (Lipinski definition) is 5. The molecule has 2 rings (SSSR count). The molecule has 0 aliphatic carbocycles. The first-order valence-electron chi connectivity index (χ1n) is 10.3. The molecule has 0 saturated heterocycles. The van der Waals surface area contributed by atoms with Crippen molar-refractivity contribution in [3.63, 3.8) is 0 Å². The lowest BCUT2D eigenvalue weighted by Crippen LogP contribution is -2.56. The molecule has 8 nitrogen and oxygen atoms in total. The van der Waals surface area contributed by atoms with Crippen molar-refractivity contribution in [1.82, 2.24) is 5.32 Å². The van der Waals surface area contributed by atoms with E-state index in [1.54, 1.807) is 76.2 Å². The first-order valence-corrected chi connectivity index (χ1v) is 10.3. The van der Waals surface area contributed by atoms with Crippen molar-refractivity contribution < 1.29 is 29.0 Å². The lowest BCUT2D eigenvalue weighted by atomic mass is 9.87. The number of methoxy groups -OCH3 is 1. The van der Waals surface area contributed by atoms with Gasteiger partial charge in [-0.1, -0.05) is 31.2 Å². The second kappa shape index (κ2) is 10.2. The molecule has 0 aromatic heterocycles. The Kier molecular flexibility index (Phi) is 7.86. The minimum atomic E-state index is -1.61. The van der Waals surface area contributed by atoms with Crippen molar-refractivity contribution in [3.05, 3.63) is 59.7 Å². The van der Waals surface area contributed by atoms with Gasteiger partial charge in [0.25, 0.3) is 5.91 Å². The maximum atomic E-state index is 12.8. The molecule has 3 N–H and O–H groups in total. The number of nitrogens with one attached hydrogen (secondary N) is 2. The maximum absolute atomic E-state index is 12.8. The van der Waals surface area contributed by atoms with Crippen molar-refractivity contribution >= 4 is 23.7 Å². The van der Waals surface area contributed by atoms with Crippen molar-refractivity contribution in [2.75, 3.05) is 12.4 Å². The summed E-state index contributed by atoms with van der Waals surface area (Å²) in [6, 6.07) is 13.6. The second-order valence-electron chi connectivity index (χ2n) is 8.39. The number of anilines is 1. The molecule has 0 heterocycles. The fourth-order valence-electron chi connectivity index (χ4n) is 3.12. The molecule has 0 fully saturated rings. The zero-order valence-electron chi connectivity index (χ0n) is 19.0. The van der Waals surface area contributed by atoms with Crippen LogP contribution in [0.25, 0.3) is 0 Å². The normalized spacial score (nSPS) is 12.9. The van der Waals surface area contributed by atoms with Gasteiger partial charge in [-0.15, -0.1) is 0 Å². The Bertz CT molecular complexity index is 982. The van der Waals surface area contributed by atoms with Crippen LogP contribution in [0, 0.1) is 0 Å². The number of para-hydroxylation sites is 1. The third kappa shape index (κ3) is 6.47. The number of carboxylic acid groups (broad SMARTS) is 1. The van der Waals surface area contributed by atoms with Gasteiger partial charge in [0.2, 0.25) is 0 Å². The first-order chi connectivity index (χ1) is 15.0. The van der Waals surface area contributed by atoms with Crippen LogP contribution in [0.15, 0.2) is 48.5 Å². The number of alkyl carbamates (subject to hydrolysis) is 1. The number of ether oxygens (including phenoxy) is 2. The highest BCUT2D eigenvalue weighted by atomic mass is 16.6. The molecule has 0 aliphatic rings. The molecule has 0 radical (unpaired) electrons. The standard InChI is InChI=1S/C24H30N2O6/c1-6-24(21(28)29,26-22(30)32-23(2,3)4)15-17-10-7-8-13-19(17)25-20(27)16-11-9-12-18(14-16)31-5/h7-14H,6,15H2,1-5H3,(H,25,27)(H,26,30)(H,28,29). The molecule has 2 aromatic rings. The Balaban J connectivity index is 2.31. The molecule has 0 saturated carbocycles. The summed E-state index contributed by atoms with van der Waals surface area (Å²) in [4.78, 5) is 37.3.